The van der Waals surface area contributed by atoms with Crippen LogP contribution in [0.5, 0.6) is 5.75 Å². The van der Waals surface area contributed by atoms with E-state index in [2.05, 4.69) is 11.1 Å². The highest BCUT2D eigenvalue weighted by Crippen LogP contribution is 2.49. The normalized spacial score (nSPS) is 19.8. The molecule has 0 aliphatic carbocycles. The number of H-pyrrole nitrogens is 1. The number of aromatic nitrogens is 1. The number of ether oxygens (including phenoxy) is 3. The average molecular weight is 591 g/mol. The number of rotatable bonds is 8. The van der Waals surface area contributed by atoms with Crippen molar-refractivity contribution in [3.8, 4) is 11.8 Å². The van der Waals surface area contributed by atoms with Crippen molar-refractivity contribution >= 4 is 35.0 Å². The molecule has 5 rings (SSSR count). The summed E-state index contributed by atoms with van der Waals surface area (Å²) in [6.45, 7) is 9.85. The minimum absolute atomic E-state index is 0.0227. The number of methoxy groups -OCH3 is 1. The van der Waals surface area contributed by atoms with Crippen LogP contribution in [0.4, 0.5) is 20.7 Å². The number of aromatic amines is 1. The zero-order chi connectivity index (χ0) is 31.1. The van der Waals surface area contributed by atoms with Crippen LogP contribution in [0.3, 0.4) is 0 Å². The molecule has 1 aromatic heterocycles. The SMILES string of the molecule is COc1ccc(N(c2[nH]c3cc(C#N)ccc3c2COC=O)C(C)C)c(F)c1C1CC2CCC(C1)N2C(=O)OC(C)(C)C. The highest BCUT2D eigenvalue weighted by Gasteiger charge is 2.46. The van der Waals surface area contributed by atoms with Crippen molar-refractivity contribution in [1.29, 1.82) is 5.26 Å². The van der Waals surface area contributed by atoms with Crippen LogP contribution in [0.2, 0.25) is 0 Å². The van der Waals surface area contributed by atoms with E-state index < -0.39 is 5.60 Å². The predicted molar refractivity (Wildman–Crippen MR) is 161 cm³/mol. The second-order valence-electron chi connectivity index (χ2n) is 12.7. The Balaban J connectivity index is 1.56. The van der Waals surface area contributed by atoms with Crippen molar-refractivity contribution in [2.75, 3.05) is 12.0 Å². The molecule has 2 bridgehead atoms. The molecule has 228 valence electrons. The molecule has 3 heterocycles. The van der Waals surface area contributed by atoms with Gasteiger partial charge < -0.3 is 29.0 Å². The number of carbonyl (C=O) groups is 2. The van der Waals surface area contributed by atoms with E-state index in [4.69, 9.17) is 14.2 Å². The van der Waals surface area contributed by atoms with Gasteiger partial charge in [0.2, 0.25) is 0 Å². The lowest BCUT2D eigenvalue weighted by Crippen LogP contribution is -2.48. The van der Waals surface area contributed by atoms with Gasteiger partial charge in [-0.05, 0) is 90.5 Å². The van der Waals surface area contributed by atoms with E-state index in [0.29, 0.717) is 58.8 Å². The smallest absolute Gasteiger partial charge is 0.410 e. The quantitative estimate of drug-likeness (QED) is 0.280. The van der Waals surface area contributed by atoms with Crippen molar-refractivity contribution in [3.05, 3.63) is 52.8 Å². The third kappa shape index (κ3) is 5.73. The Morgan fingerprint density at radius 3 is 2.49 bits per heavy atom. The molecule has 1 N–H and O–H groups in total. The summed E-state index contributed by atoms with van der Waals surface area (Å²) < 4.78 is 33.5. The van der Waals surface area contributed by atoms with E-state index in [9.17, 15) is 14.9 Å². The molecule has 2 aliphatic heterocycles. The lowest BCUT2D eigenvalue weighted by Gasteiger charge is -2.40. The molecule has 10 heteroatoms. The average Bonchev–Trinajstić information content (AvgIpc) is 3.44. The molecule has 43 heavy (non-hydrogen) atoms. The van der Waals surface area contributed by atoms with E-state index in [1.807, 2.05) is 44.4 Å². The molecule has 2 atom stereocenters. The van der Waals surface area contributed by atoms with Crippen molar-refractivity contribution < 1.29 is 28.2 Å². The first-order valence-electron chi connectivity index (χ1n) is 14.7. The van der Waals surface area contributed by atoms with Gasteiger partial charge in [0.25, 0.3) is 6.47 Å². The number of anilines is 2. The fourth-order valence-corrected chi connectivity index (χ4v) is 6.77. The van der Waals surface area contributed by atoms with Crippen molar-refractivity contribution in [2.45, 2.75) is 96.6 Å². The zero-order valence-electron chi connectivity index (χ0n) is 25.6. The van der Waals surface area contributed by atoms with Crippen LogP contribution in [-0.2, 0) is 20.9 Å². The second kappa shape index (κ2) is 11.8. The fourth-order valence-electron chi connectivity index (χ4n) is 6.77. The van der Waals surface area contributed by atoms with E-state index in [0.717, 1.165) is 18.2 Å². The maximum absolute atomic E-state index is 16.9. The van der Waals surface area contributed by atoms with Gasteiger partial charge in [0.15, 0.2) is 5.82 Å². The molecule has 2 aromatic carbocycles. The number of fused-ring (bicyclic) bond motifs is 3. The van der Waals surface area contributed by atoms with Crippen molar-refractivity contribution in [1.82, 2.24) is 9.88 Å². The maximum atomic E-state index is 16.9. The lowest BCUT2D eigenvalue weighted by molar-refractivity contribution is -0.129. The number of halogens is 1. The molecule has 0 saturated carbocycles. The summed E-state index contributed by atoms with van der Waals surface area (Å²) in [6.07, 6.45) is 2.60. The monoisotopic (exact) mass is 590 g/mol. The molecular weight excluding hydrogens is 551 g/mol. The third-order valence-electron chi connectivity index (χ3n) is 8.41. The Hall–Kier alpha value is -4.26. The Labute approximate surface area is 251 Å². The molecule has 9 nitrogen and oxygen atoms in total. The number of nitriles is 1. The molecule has 2 saturated heterocycles. The van der Waals surface area contributed by atoms with Crippen LogP contribution in [0.25, 0.3) is 10.9 Å². The third-order valence-corrected chi connectivity index (χ3v) is 8.41. The van der Waals surface area contributed by atoms with Crippen molar-refractivity contribution in [3.63, 3.8) is 0 Å². The van der Waals surface area contributed by atoms with Crippen molar-refractivity contribution in [2.24, 2.45) is 0 Å². The zero-order valence-corrected chi connectivity index (χ0v) is 25.6. The predicted octanol–water partition coefficient (Wildman–Crippen LogP) is 7.05. The van der Waals surface area contributed by atoms with Gasteiger partial charge in [0, 0.05) is 40.2 Å². The molecule has 0 radical (unpaired) electrons. The standard InChI is InChI=1S/C33H39FN4O5/c1-19(2)37(31-25(17-42-18-39)24-10-7-20(16-35)13-26(24)36-31)27-11-12-28(41-6)29(30(27)34)21-14-22-8-9-23(15-21)38(22)32(40)43-33(3,4)5/h7,10-13,18-19,21-23,36H,8-9,14-15,17H2,1-6H3. The first-order valence-corrected chi connectivity index (χ1v) is 14.7. The lowest BCUT2D eigenvalue weighted by atomic mass is 9.84. The summed E-state index contributed by atoms with van der Waals surface area (Å²) in [5.74, 6) is 0.511. The summed E-state index contributed by atoms with van der Waals surface area (Å²) in [7, 11) is 1.54. The van der Waals surface area contributed by atoms with Gasteiger partial charge in [-0.25, -0.2) is 9.18 Å². The van der Waals surface area contributed by atoms with Crippen LogP contribution in [0, 0.1) is 17.1 Å². The fraction of sp³-hybridized carbons (Fsp3) is 0.485. The molecule has 3 aromatic rings. The van der Waals surface area contributed by atoms with Crippen LogP contribution < -0.4 is 9.64 Å². The molecule has 2 unspecified atom stereocenters. The van der Waals surface area contributed by atoms with Gasteiger partial charge in [-0.2, -0.15) is 5.26 Å². The number of carbonyl (C=O) groups excluding carboxylic acids is 2. The largest absolute Gasteiger partial charge is 0.496 e. The Morgan fingerprint density at radius 1 is 1.21 bits per heavy atom. The number of nitrogens with one attached hydrogen (secondary N) is 1. The molecule has 1 amide bonds. The highest BCUT2D eigenvalue weighted by molar-refractivity contribution is 5.91. The molecule has 2 aliphatic rings. The van der Waals surface area contributed by atoms with E-state index in [1.165, 1.54) is 0 Å². The number of amides is 1. The van der Waals surface area contributed by atoms with Crippen LogP contribution in [0.1, 0.15) is 82.9 Å². The summed E-state index contributed by atoms with van der Waals surface area (Å²) in [5.41, 5.74) is 2.10. The van der Waals surface area contributed by atoms with E-state index >= 15 is 4.39 Å². The highest BCUT2D eigenvalue weighted by atomic mass is 19.1. The van der Waals surface area contributed by atoms with E-state index in [-0.39, 0.29) is 42.6 Å². The summed E-state index contributed by atoms with van der Waals surface area (Å²) in [4.78, 5) is 31.3. The summed E-state index contributed by atoms with van der Waals surface area (Å²) in [5, 5.41) is 10.2. The van der Waals surface area contributed by atoms with Gasteiger partial charge in [-0.3, -0.25) is 4.79 Å². The Kier molecular flexibility index (Phi) is 8.28. The number of benzene rings is 2. The second-order valence-corrected chi connectivity index (χ2v) is 12.7. The Morgan fingerprint density at radius 2 is 1.91 bits per heavy atom. The first kappa shape index (κ1) is 30.2. The molecular formula is C33H39FN4O5. The van der Waals surface area contributed by atoms with Gasteiger partial charge >= 0.3 is 6.09 Å². The number of hydrogen-bond donors (Lipinski definition) is 1. The maximum Gasteiger partial charge on any atom is 0.410 e. The first-order chi connectivity index (χ1) is 20.5. The molecule has 2 fully saturated rings. The number of hydrogen-bond acceptors (Lipinski definition) is 7. The van der Waals surface area contributed by atoms with Crippen LogP contribution in [0.15, 0.2) is 30.3 Å². The minimum atomic E-state index is -0.592. The minimum Gasteiger partial charge on any atom is -0.496 e. The van der Waals surface area contributed by atoms with Crippen LogP contribution in [-0.4, -0.2) is 53.3 Å². The number of nitrogens with zero attached hydrogens (tertiary/aromatic N) is 3. The summed E-state index contributed by atoms with van der Waals surface area (Å²) in [6, 6.07) is 10.6. The number of piperidine rings is 1. The van der Waals surface area contributed by atoms with E-state index in [1.54, 1.807) is 37.4 Å². The van der Waals surface area contributed by atoms with Gasteiger partial charge in [0.05, 0.1) is 24.4 Å². The summed E-state index contributed by atoms with van der Waals surface area (Å²) >= 11 is 0. The molecule has 0 spiro atoms. The van der Waals surface area contributed by atoms with Gasteiger partial charge in [0.1, 0.15) is 23.8 Å². The van der Waals surface area contributed by atoms with Gasteiger partial charge in [-0.15, -0.1) is 0 Å². The van der Waals surface area contributed by atoms with Gasteiger partial charge in [-0.1, -0.05) is 6.07 Å². The van der Waals surface area contributed by atoms with Crippen LogP contribution >= 0.6 is 0 Å². The Bertz CT molecular complexity index is 1560. The topological polar surface area (TPSA) is 108 Å².